The van der Waals surface area contributed by atoms with E-state index in [0.717, 1.165) is 17.7 Å². The monoisotopic (exact) mass is 445 g/mol. The van der Waals surface area contributed by atoms with E-state index in [9.17, 15) is 23.3 Å². The molecular weight excluding hydrogens is 427 g/mol. The minimum Gasteiger partial charge on any atom is -0.493 e. The Morgan fingerprint density at radius 3 is 2.47 bits per heavy atom. The average molecular weight is 445 g/mol. The Morgan fingerprint density at radius 2 is 1.81 bits per heavy atom. The number of hydrogen-bond donors (Lipinski definition) is 1. The number of rotatable bonds is 8. The SMILES string of the molecule is COc1ccc(/C=N\Nc2ccc(C(F)(F)F)cc2[N+](=O)[O-])cc1OCc1ccccc1. The van der Waals surface area contributed by atoms with Crippen LogP contribution in [-0.2, 0) is 12.8 Å². The molecule has 10 heteroatoms. The minimum absolute atomic E-state index is 0.173. The van der Waals surface area contributed by atoms with Gasteiger partial charge in [-0.15, -0.1) is 0 Å². The van der Waals surface area contributed by atoms with Gasteiger partial charge < -0.3 is 9.47 Å². The van der Waals surface area contributed by atoms with Crippen LogP contribution in [0.15, 0.2) is 71.8 Å². The average Bonchev–Trinajstić information content (AvgIpc) is 2.78. The molecule has 0 unspecified atom stereocenters. The number of nitrogens with zero attached hydrogens (tertiary/aromatic N) is 2. The second-order valence-electron chi connectivity index (χ2n) is 6.54. The summed E-state index contributed by atoms with van der Waals surface area (Å²) >= 11 is 0. The van der Waals surface area contributed by atoms with Crippen LogP contribution in [0.25, 0.3) is 0 Å². The highest BCUT2D eigenvalue weighted by Crippen LogP contribution is 2.35. The largest absolute Gasteiger partial charge is 0.493 e. The molecule has 0 aliphatic rings. The zero-order valence-corrected chi connectivity index (χ0v) is 16.8. The summed E-state index contributed by atoms with van der Waals surface area (Å²) in [4.78, 5) is 10.2. The molecule has 0 amide bonds. The number of benzene rings is 3. The van der Waals surface area contributed by atoms with E-state index in [1.54, 1.807) is 18.2 Å². The van der Waals surface area contributed by atoms with Crippen molar-refractivity contribution in [3.63, 3.8) is 0 Å². The van der Waals surface area contributed by atoms with Gasteiger partial charge in [-0.3, -0.25) is 15.5 Å². The molecule has 0 spiro atoms. The summed E-state index contributed by atoms with van der Waals surface area (Å²) in [7, 11) is 1.50. The summed E-state index contributed by atoms with van der Waals surface area (Å²) in [6, 6.07) is 16.7. The van der Waals surface area contributed by atoms with Crippen LogP contribution in [0.1, 0.15) is 16.7 Å². The molecule has 0 fully saturated rings. The Morgan fingerprint density at radius 1 is 1.06 bits per heavy atom. The number of hydrogen-bond acceptors (Lipinski definition) is 6. The van der Waals surface area contributed by atoms with Gasteiger partial charge in [-0.05, 0) is 41.5 Å². The van der Waals surface area contributed by atoms with E-state index >= 15 is 0 Å². The summed E-state index contributed by atoms with van der Waals surface area (Å²) in [5, 5.41) is 15.1. The van der Waals surface area contributed by atoms with Crippen LogP contribution in [-0.4, -0.2) is 18.2 Å². The first kappa shape index (κ1) is 22.6. The fraction of sp³-hybridized carbons (Fsp3) is 0.136. The number of alkyl halides is 3. The number of hydrazone groups is 1. The van der Waals surface area contributed by atoms with E-state index < -0.39 is 22.4 Å². The Hall–Kier alpha value is -4.08. The summed E-state index contributed by atoms with van der Waals surface area (Å²) in [6.07, 6.45) is -3.33. The number of nitro groups is 1. The van der Waals surface area contributed by atoms with Gasteiger partial charge >= 0.3 is 6.18 Å². The summed E-state index contributed by atoms with van der Waals surface area (Å²) < 4.78 is 49.5. The van der Waals surface area contributed by atoms with E-state index in [-0.39, 0.29) is 5.69 Å². The molecule has 0 aliphatic carbocycles. The normalized spacial score (nSPS) is 11.4. The molecule has 0 heterocycles. The van der Waals surface area contributed by atoms with Crippen molar-refractivity contribution in [3.05, 3.63) is 93.5 Å². The lowest BCUT2D eigenvalue weighted by Gasteiger charge is -2.11. The molecule has 1 N–H and O–H groups in total. The number of anilines is 1. The highest BCUT2D eigenvalue weighted by atomic mass is 19.4. The zero-order valence-electron chi connectivity index (χ0n) is 16.8. The standard InChI is InChI=1S/C22H18F3N3O4/c1-31-20-10-7-16(11-21(20)32-14-15-5-3-2-4-6-15)13-26-27-18-9-8-17(22(23,24)25)12-19(18)28(29)30/h2-13,27H,14H2,1H3/b26-13-. The molecular formula is C22H18F3N3O4. The van der Waals surface area contributed by atoms with Crippen LogP contribution < -0.4 is 14.9 Å². The predicted molar refractivity (Wildman–Crippen MR) is 113 cm³/mol. The molecule has 0 saturated heterocycles. The van der Waals surface area contributed by atoms with Gasteiger partial charge in [0.25, 0.3) is 5.69 Å². The summed E-state index contributed by atoms with van der Waals surface area (Å²) in [5.41, 5.74) is 1.93. The number of nitro benzene ring substituents is 1. The van der Waals surface area contributed by atoms with E-state index in [4.69, 9.17) is 9.47 Å². The lowest BCUT2D eigenvalue weighted by atomic mass is 10.1. The fourth-order valence-electron chi connectivity index (χ4n) is 2.75. The van der Waals surface area contributed by atoms with Gasteiger partial charge in [0.05, 0.1) is 23.8 Å². The third-order valence-corrected chi connectivity index (χ3v) is 4.35. The van der Waals surface area contributed by atoms with E-state index in [0.29, 0.717) is 29.7 Å². The van der Waals surface area contributed by atoms with E-state index in [1.807, 2.05) is 30.3 Å². The molecule has 3 aromatic carbocycles. The van der Waals surface area contributed by atoms with Gasteiger partial charge in [0, 0.05) is 6.07 Å². The van der Waals surface area contributed by atoms with Crippen LogP contribution >= 0.6 is 0 Å². The van der Waals surface area contributed by atoms with Crippen LogP contribution in [0.3, 0.4) is 0 Å². The van der Waals surface area contributed by atoms with Crippen molar-refractivity contribution in [1.82, 2.24) is 0 Å². The second-order valence-corrected chi connectivity index (χ2v) is 6.54. The van der Waals surface area contributed by atoms with Crippen LogP contribution in [0, 0.1) is 10.1 Å². The third-order valence-electron chi connectivity index (χ3n) is 4.35. The quantitative estimate of drug-likeness (QED) is 0.275. The molecule has 0 aromatic heterocycles. The third kappa shape index (κ3) is 5.75. The molecule has 166 valence electrons. The zero-order chi connectivity index (χ0) is 23.1. The van der Waals surface area contributed by atoms with Gasteiger partial charge in [-0.25, -0.2) is 0 Å². The molecule has 3 rings (SSSR count). The van der Waals surface area contributed by atoms with Crippen molar-refractivity contribution in [2.24, 2.45) is 5.10 Å². The first-order valence-electron chi connectivity index (χ1n) is 9.27. The molecule has 3 aromatic rings. The molecule has 0 atom stereocenters. The smallest absolute Gasteiger partial charge is 0.416 e. The van der Waals surface area contributed by atoms with Gasteiger partial charge in [0.2, 0.25) is 0 Å². The molecule has 7 nitrogen and oxygen atoms in total. The minimum atomic E-state index is -4.69. The van der Waals surface area contributed by atoms with Crippen molar-refractivity contribution >= 4 is 17.6 Å². The maximum absolute atomic E-state index is 12.8. The van der Waals surface area contributed by atoms with Crippen molar-refractivity contribution < 1.29 is 27.6 Å². The molecule has 0 saturated carbocycles. The number of ether oxygens (including phenoxy) is 2. The lowest BCUT2D eigenvalue weighted by Crippen LogP contribution is -2.06. The van der Waals surface area contributed by atoms with Gasteiger partial charge in [-0.1, -0.05) is 30.3 Å². The highest BCUT2D eigenvalue weighted by Gasteiger charge is 2.33. The van der Waals surface area contributed by atoms with Gasteiger partial charge in [-0.2, -0.15) is 18.3 Å². The predicted octanol–water partition coefficient (Wildman–Crippen LogP) is 5.65. The number of halogens is 3. The fourth-order valence-corrected chi connectivity index (χ4v) is 2.75. The Labute approximate surface area is 181 Å². The van der Waals surface area contributed by atoms with Crippen LogP contribution in [0.4, 0.5) is 24.5 Å². The van der Waals surface area contributed by atoms with Crippen molar-refractivity contribution in [1.29, 1.82) is 0 Å². The summed E-state index contributed by atoms with van der Waals surface area (Å²) in [5.74, 6) is 0.963. The van der Waals surface area contributed by atoms with Crippen molar-refractivity contribution in [2.75, 3.05) is 12.5 Å². The first-order valence-corrected chi connectivity index (χ1v) is 9.27. The van der Waals surface area contributed by atoms with Crippen molar-refractivity contribution in [3.8, 4) is 11.5 Å². The molecule has 0 aliphatic heterocycles. The molecule has 0 radical (unpaired) electrons. The van der Waals surface area contributed by atoms with E-state index in [2.05, 4.69) is 10.5 Å². The topological polar surface area (TPSA) is 86.0 Å². The van der Waals surface area contributed by atoms with Crippen LogP contribution in [0.2, 0.25) is 0 Å². The Balaban J connectivity index is 1.76. The van der Waals surface area contributed by atoms with Crippen LogP contribution in [0.5, 0.6) is 11.5 Å². The lowest BCUT2D eigenvalue weighted by molar-refractivity contribution is -0.384. The Bertz CT molecular complexity index is 1120. The number of methoxy groups -OCH3 is 1. The maximum Gasteiger partial charge on any atom is 0.416 e. The number of nitrogens with one attached hydrogen (secondary N) is 1. The first-order chi connectivity index (χ1) is 15.3. The summed E-state index contributed by atoms with van der Waals surface area (Å²) in [6.45, 7) is 0.313. The maximum atomic E-state index is 12.8. The highest BCUT2D eigenvalue weighted by molar-refractivity contribution is 5.82. The second kappa shape index (κ2) is 9.82. The van der Waals surface area contributed by atoms with Gasteiger partial charge in [0.1, 0.15) is 12.3 Å². The Kier molecular flexibility index (Phi) is 6.93. The molecule has 32 heavy (non-hydrogen) atoms. The van der Waals surface area contributed by atoms with Crippen molar-refractivity contribution in [2.45, 2.75) is 12.8 Å². The van der Waals surface area contributed by atoms with E-state index in [1.165, 1.54) is 13.3 Å². The van der Waals surface area contributed by atoms with Gasteiger partial charge in [0.15, 0.2) is 11.5 Å². The molecule has 0 bridgehead atoms.